The van der Waals surface area contributed by atoms with Crippen LogP contribution in [0.1, 0.15) is 6.92 Å². The van der Waals surface area contributed by atoms with Crippen LogP contribution in [0.15, 0.2) is 25.3 Å². The van der Waals surface area contributed by atoms with Crippen molar-refractivity contribution in [1.29, 1.82) is 0 Å². The Kier molecular flexibility index (Phi) is 8.97. The SMILES string of the molecule is C=CC(=O)OCC(C)(COC(=O)C=C)NC(=O)OCCP(=O)(O)O. The van der Waals surface area contributed by atoms with E-state index in [1.54, 1.807) is 0 Å². The molecular formula is C13H20NO9P. The van der Waals surface area contributed by atoms with Gasteiger partial charge in [-0.25, -0.2) is 14.4 Å². The monoisotopic (exact) mass is 365 g/mol. The molecule has 0 aliphatic rings. The molecule has 11 heteroatoms. The highest BCUT2D eigenvalue weighted by molar-refractivity contribution is 7.51. The fourth-order valence-electron chi connectivity index (χ4n) is 1.23. The summed E-state index contributed by atoms with van der Waals surface area (Å²) in [6.07, 6.45) is 0.145. The maximum Gasteiger partial charge on any atom is 0.407 e. The minimum Gasteiger partial charge on any atom is -0.460 e. The van der Waals surface area contributed by atoms with Crippen molar-refractivity contribution >= 4 is 25.6 Å². The van der Waals surface area contributed by atoms with Gasteiger partial charge in [0.25, 0.3) is 0 Å². The number of hydrogen-bond donors (Lipinski definition) is 3. The molecule has 0 saturated heterocycles. The Bertz CT molecular complexity index is 516. The van der Waals surface area contributed by atoms with Crippen LogP contribution in [0.5, 0.6) is 0 Å². The average Bonchev–Trinajstić information content (AvgIpc) is 2.49. The molecule has 0 rings (SSSR count). The van der Waals surface area contributed by atoms with Gasteiger partial charge in [0.1, 0.15) is 25.4 Å². The van der Waals surface area contributed by atoms with Crippen molar-refractivity contribution < 1.29 is 42.9 Å². The highest BCUT2D eigenvalue weighted by atomic mass is 31.2. The molecule has 0 aliphatic carbocycles. The Morgan fingerprint density at radius 3 is 1.92 bits per heavy atom. The van der Waals surface area contributed by atoms with Crippen LogP contribution >= 0.6 is 7.60 Å². The largest absolute Gasteiger partial charge is 0.460 e. The van der Waals surface area contributed by atoms with E-state index in [9.17, 15) is 18.9 Å². The minimum atomic E-state index is -4.30. The van der Waals surface area contributed by atoms with Crippen molar-refractivity contribution in [3.8, 4) is 0 Å². The molecule has 0 aromatic heterocycles. The first-order valence-electron chi connectivity index (χ1n) is 6.59. The van der Waals surface area contributed by atoms with E-state index in [2.05, 4.69) is 23.2 Å². The summed E-state index contributed by atoms with van der Waals surface area (Å²) in [6, 6.07) is 0. The minimum absolute atomic E-state index is 0.365. The van der Waals surface area contributed by atoms with Gasteiger partial charge in [-0.3, -0.25) is 4.57 Å². The van der Waals surface area contributed by atoms with Gasteiger partial charge in [0.15, 0.2) is 0 Å². The smallest absolute Gasteiger partial charge is 0.407 e. The fourth-order valence-corrected chi connectivity index (χ4v) is 1.56. The summed E-state index contributed by atoms with van der Waals surface area (Å²) in [6.45, 7) is 6.58. The molecule has 0 radical (unpaired) electrons. The lowest BCUT2D eigenvalue weighted by Crippen LogP contribution is -2.53. The van der Waals surface area contributed by atoms with Crippen molar-refractivity contribution in [3.63, 3.8) is 0 Å². The van der Waals surface area contributed by atoms with E-state index >= 15 is 0 Å². The number of ether oxygens (including phenoxy) is 3. The fraction of sp³-hybridized carbons (Fsp3) is 0.462. The van der Waals surface area contributed by atoms with Gasteiger partial charge in [0.05, 0.1) is 6.16 Å². The van der Waals surface area contributed by atoms with Crippen LogP contribution in [-0.4, -0.2) is 59.3 Å². The quantitative estimate of drug-likeness (QED) is 0.212. The zero-order chi connectivity index (χ0) is 18.8. The average molecular weight is 365 g/mol. The van der Waals surface area contributed by atoms with Crippen molar-refractivity contribution in [2.75, 3.05) is 26.0 Å². The second-order valence-electron chi connectivity index (χ2n) is 4.83. The standard InChI is InChI=1S/C13H20NO9P/c1-4-10(15)22-8-13(3,9-23-11(16)5-2)14-12(17)21-6-7-24(18,19)20/h4-5H,1-2,6-9H2,3H3,(H,14,17)(H2,18,19,20). The Labute approximate surface area is 138 Å². The number of hydrogen-bond acceptors (Lipinski definition) is 7. The molecule has 3 N–H and O–H groups in total. The highest BCUT2D eigenvalue weighted by Crippen LogP contribution is 2.33. The van der Waals surface area contributed by atoms with E-state index in [4.69, 9.17) is 19.3 Å². The normalized spacial score (nSPS) is 11.1. The molecular weight excluding hydrogens is 345 g/mol. The van der Waals surface area contributed by atoms with Gasteiger partial charge >= 0.3 is 25.6 Å². The predicted molar refractivity (Wildman–Crippen MR) is 82.1 cm³/mol. The Morgan fingerprint density at radius 1 is 1.08 bits per heavy atom. The third-order valence-corrected chi connectivity index (χ3v) is 3.18. The number of carbonyl (C=O) groups is 3. The Balaban J connectivity index is 4.71. The van der Waals surface area contributed by atoms with E-state index in [1.807, 2.05) is 0 Å². The number of esters is 2. The molecule has 0 spiro atoms. The molecule has 1 amide bonds. The van der Waals surface area contributed by atoms with Gasteiger partial charge in [-0.2, -0.15) is 0 Å². The van der Waals surface area contributed by atoms with E-state index < -0.39 is 43.9 Å². The van der Waals surface area contributed by atoms with E-state index in [0.29, 0.717) is 0 Å². The predicted octanol–water partition coefficient (Wildman–Crippen LogP) is 0.107. The van der Waals surface area contributed by atoms with E-state index in [0.717, 1.165) is 12.2 Å². The zero-order valence-electron chi connectivity index (χ0n) is 13.1. The van der Waals surface area contributed by atoms with Gasteiger partial charge in [-0.05, 0) is 6.92 Å². The van der Waals surface area contributed by atoms with Crippen LogP contribution in [0, 0.1) is 0 Å². The molecule has 10 nitrogen and oxygen atoms in total. The van der Waals surface area contributed by atoms with Crippen molar-refractivity contribution in [2.24, 2.45) is 0 Å². The summed E-state index contributed by atoms with van der Waals surface area (Å²) < 4.78 is 24.9. The van der Waals surface area contributed by atoms with Gasteiger partial charge < -0.3 is 29.3 Å². The third-order valence-electron chi connectivity index (χ3n) is 2.42. The van der Waals surface area contributed by atoms with Crippen LogP contribution < -0.4 is 5.32 Å². The van der Waals surface area contributed by atoms with Gasteiger partial charge in [0.2, 0.25) is 0 Å². The molecule has 0 aromatic rings. The summed E-state index contributed by atoms with van der Waals surface area (Å²) in [7, 11) is -4.30. The van der Waals surface area contributed by atoms with Crippen LogP contribution in [0.4, 0.5) is 4.79 Å². The zero-order valence-corrected chi connectivity index (χ0v) is 14.0. The van der Waals surface area contributed by atoms with E-state index in [-0.39, 0.29) is 13.2 Å². The van der Waals surface area contributed by atoms with Gasteiger partial charge in [0, 0.05) is 12.2 Å². The van der Waals surface area contributed by atoms with Gasteiger partial charge in [-0.1, -0.05) is 13.2 Å². The first-order valence-corrected chi connectivity index (χ1v) is 8.39. The maximum absolute atomic E-state index is 11.7. The lowest BCUT2D eigenvalue weighted by atomic mass is 10.1. The molecule has 0 bridgehead atoms. The second kappa shape index (κ2) is 9.86. The molecule has 0 saturated carbocycles. The second-order valence-corrected chi connectivity index (χ2v) is 6.61. The molecule has 0 aromatic carbocycles. The molecule has 0 fully saturated rings. The summed E-state index contributed by atoms with van der Waals surface area (Å²) in [5.41, 5.74) is -1.34. The maximum atomic E-state index is 11.7. The van der Waals surface area contributed by atoms with Crippen LogP contribution in [0.2, 0.25) is 0 Å². The molecule has 136 valence electrons. The van der Waals surface area contributed by atoms with Crippen molar-refractivity contribution in [2.45, 2.75) is 12.5 Å². The van der Waals surface area contributed by atoms with Crippen molar-refractivity contribution in [1.82, 2.24) is 5.32 Å². The summed E-state index contributed by atoms with van der Waals surface area (Å²) >= 11 is 0. The van der Waals surface area contributed by atoms with Crippen LogP contribution in [0.25, 0.3) is 0 Å². The van der Waals surface area contributed by atoms with Crippen LogP contribution in [-0.2, 0) is 28.4 Å². The summed E-state index contributed by atoms with van der Waals surface area (Å²) in [4.78, 5) is 51.3. The number of amides is 1. The number of nitrogens with one attached hydrogen (secondary N) is 1. The Hall–Kier alpha value is -2.16. The molecule has 0 atom stereocenters. The molecule has 0 heterocycles. The molecule has 24 heavy (non-hydrogen) atoms. The summed E-state index contributed by atoms with van der Waals surface area (Å²) in [5.74, 6) is -1.51. The first-order chi connectivity index (χ1) is 11.0. The van der Waals surface area contributed by atoms with E-state index in [1.165, 1.54) is 6.92 Å². The first kappa shape index (κ1) is 21.8. The number of rotatable bonds is 10. The van der Waals surface area contributed by atoms with Crippen molar-refractivity contribution in [3.05, 3.63) is 25.3 Å². The summed E-state index contributed by atoms with van der Waals surface area (Å²) in [5, 5.41) is 2.30. The topological polar surface area (TPSA) is 148 Å². The van der Waals surface area contributed by atoms with Gasteiger partial charge in [-0.15, -0.1) is 0 Å². The lowest BCUT2D eigenvalue weighted by Gasteiger charge is -2.28. The number of carbonyl (C=O) groups excluding carboxylic acids is 3. The molecule has 0 aliphatic heterocycles. The van der Waals surface area contributed by atoms with Crippen LogP contribution in [0.3, 0.4) is 0 Å². The third kappa shape index (κ3) is 10.5. The molecule has 0 unspecified atom stereocenters. The lowest BCUT2D eigenvalue weighted by molar-refractivity contribution is -0.144. The number of alkyl carbamates (subject to hydrolysis) is 1. The highest BCUT2D eigenvalue weighted by Gasteiger charge is 2.31. The Morgan fingerprint density at radius 2 is 1.54 bits per heavy atom.